The highest BCUT2D eigenvalue weighted by Crippen LogP contribution is 2.35. The second-order valence-electron chi connectivity index (χ2n) is 6.81. The van der Waals surface area contributed by atoms with Crippen LogP contribution in [-0.2, 0) is 6.54 Å². The van der Waals surface area contributed by atoms with Crippen LogP contribution in [0.1, 0.15) is 5.56 Å². The van der Waals surface area contributed by atoms with Crippen molar-refractivity contribution in [3.05, 3.63) is 60.2 Å². The third-order valence-electron chi connectivity index (χ3n) is 5.23. The zero-order valence-corrected chi connectivity index (χ0v) is 13.7. The van der Waals surface area contributed by atoms with Crippen molar-refractivity contribution in [1.82, 2.24) is 4.90 Å². The van der Waals surface area contributed by atoms with Gasteiger partial charge in [0.1, 0.15) is 5.75 Å². The first kappa shape index (κ1) is 14.6. The van der Waals surface area contributed by atoms with Gasteiger partial charge < -0.3 is 9.64 Å². The average Bonchev–Trinajstić information content (AvgIpc) is 3.14. The number of hydrogen-bond donors (Lipinski definition) is 0. The van der Waals surface area contributed by atoms with Crippen molar-refractivity contribution in [3.8, 4) is 5.75 Å². The minimum atomic E-state index is 0.796. The molecule has 23 heavy (non-hydrogen) atoms. The van der Waals surface area contributed by atoms with Crippen LogP contribution < -0.4 is 9.64 Å². The van der Waals surface area contributed by atoms with E-state index < -0.39 is 0 Å². The van der Waals surface area contributed by atoms with E-state index in [4.69, 9.17) is 4.74 Å². The second-order valence-corrected chi connectivity index (χ2v) is 6.81. The molecular weight excluding hydrogens is 284 g/mol. The van der Waals surface area contributed by atoms with E-state index in [1.807, 2.05) is 6.07 Å². The predicted octanol–water partition coefficient (Wildman–Crippen LogP) is 3.26. The molecular formula is C20H24N2O. The van der Waals surface area contributed by atoms with Crippen LogP contribution in [0.4, 0.5) is 5.69 Å². The molecule has 3 nitrogen and oxygen atoms in total. The van der Waals surface area contributed by atoms with E-state index in [9.17, 15) is 0 Å². The Kier molecular flexibility index (Phi) is 3.96. The summed E-state index contributed by atoms with van der Waals surface area (Å²) in [5.74, 6) is 2.54. The molecule has 3 heteroatoms. The molecule has 0 spiro atoms. The molecule has 120 valence electrons. The summed E-state index contributed by atoms with van der Waals surface area (Å²) in [6.07, 6.45) is 0. The van der Waals surface area contributed by atoms with Crippen molar-refractivity contribution >= 4 is 5.69 Å². The fraction of sp³-hybridized carbons (Fsp3) is 0.400. The molecule has 0 radical (unpaired) electrons. The van der Waals surface area contributed by atoms with Crippen molar-refractivity contribution in [3.63, 3.8) is 0 Å². The summed E-state index contributed by atoms with van der Waals surface area (Å²) in [6.45, 7) is 5.87. The summed E-state index contributed by atoms with van der Waals surface area (Å²) in [7, 11) is 1.74. The molecule has 2 aliphatic heterocycles. The normalized spacial score (nSPS) is 24.0. The molecule has 0 aliphatic carbocycles. The molecule has 0 saturated carbocycles. The van der Waals surface area contributed by atoms with Gasteiger partial charge in [-0.1, -0.05) is 36.4 Å². The monoisotopic (exact) mass is 308 g/mol. The Labute approximate surface area is 138 Å². The second kappa shape index (κ2) is 6.25. The topological polar surface area (TPSA) is 15.7 Å². The SMILES string of the molecule is COc1cccc(N2CC3CN(Cc4ccccc4)CC3C2)c1. The smallest absolute Gasteiger partial charge is 0.120 e. The number of nitrogens with zero attached hydrogens (tertiary/aromatic N) is 2. The molecule has 0 amide bonds. The zero-order chi connectivity index (χ0) is 15.6. The number of likely N-dealkylation sites (tertiary alicyclic amines) is 1. The van der Waals surface area contributed by atoms with Crippen LogP contribution in [0.5, 0.6) is 5.75 Å². The van der Waals surface area contributed by atoms with Gasteiger partial charge in [0.2, 0.25) is 0 Å². The number of methoxy groups -OCH3 is 1. The van der Waals surface area contributed by atoms with Crippen LogP contribution in [0.3, 0.4) is 0 Å². The largest absolute Gasteiger partial charge is 0.497 e. The van der Waals surface area contributed by atoms with Gasteiger partial charge in [0.25, 0.3) is 0 Å². The average molecular weight is 308 g/mol. The number of fused-ring (bicyclic) bond motifs is 1. The van der Waals surface area contributed by atoms with Crippen LogP contribution in [0, 0.1) is 11.8 Å². The molecule has 2 saturated heterocycles. The lowest BCUT2D eigenvalue weighted by atomic mass is 10.0. The van der Waals surface area contributed by atoms with Gasteiger partial charge in [-0.2, -0.15) is 0 Å². The highest BCUT2D eigenvalue weighted by molar-refractivity contribution is 5.52. The maximum absolute atomic E-state index is 5.36. The van der Waals surface area contributed by atoms with Gasteiger partial charge in [0, 0.05) is 44.5 Å². The molecule has 0 N–H and O–H groups in total. The highest BCUT2D eigenvalue weighted by Gasteiger charge is 2.39. The fourth-order valence-electron chi connectivity index (χ4n) is 4.08. The molecule has 2 heterocycles. The Morgan fingerprint density at radius 3 is 2.35 bits per heavy atom. The maximum Gasteiger partial charge on any atom is 0.120 e. The molecule has 2 aromatic rings. The standard InChI is InChI=1S/C20H24N2O/c1-23-20-9-5-8-19(10-20)22-14-17-12-21(13-18(17)15-22)11-16-6-3-2-4-7-16/h2-10,17-18H,11-15H2,1H3. The van der Waals surface area contributed by atoms with Gasteiger partial charge in [-0.3, -0.25) is 4.90 Å². The van der Waals surface area contributed by atoms with E-state index in [1.54, 1.807) is 7.11 Å². The van der Waals surface area contributed by atoms with E-state index in [-0.39, 0.29) is 0 Å². The lowest BCUT2D eigenvalue weighted by molar-refractivity contribution is 0.309. The van der Waals surface area contributed by atoms with E-state index in [0.717, 1.165) is 24.1 Å². The Hall–Kier alpha value is -2.00. The Balaban J connectivity index is 1.38. The van der Waals surface area contributed by atoms with Crippen LogP contribution in [0.15, 0.2) is 54.6 Å². The maximum atomic E-state index is 5.36. The minimum absolute atomic E-state index is 0.796. The van der Waals surface area contributed by atoms with Crippen molar-refractivity contribution in [2.24, 2.45) is 11.8 Å². The summed E-state index contributed by atoms with van der Waals surface area (Å²) in [5.41, 5.74) is 2.73. The summed E-state index contributed by atoms with van der Waals surface area (Å²) < 4.78 is 5.36. The van der Waals surface area contributed by atoms with E-state index >= 15 is 0 Å². The van der Waals surface area contributed by atoms with Crippen LogP contribution in [0.25, 0.3) is 0 Å². The van der Waals surface area contributed by atoms with Crippen LogP contribution in [-0.4, -0.2) is 38.2 Å². The van der Waals surface area contributed by atoms with Gasteiger partial charge in [0.05, 0.1) is 7.11 Å². The highest BCUT2D eigenvalue weighted by atomic mass is 16.5. The quantitative estimate of drug-likeness (QED) is 0.862. The number of benzene rings is 2. The Morgan fingerprint density at radius 1 is 0.913 bits per heavy atom. The first-order chi connectivity index (χ1) is 11.3. The van der Waals surface area contributed by atoms with Crippen LogP contribution in [0.2, 0.25) is 0 Å². The van der Waals surface area contributed by atoms with E-state index in [1.165, 1.54) is 37.4 Å². The predicted molar refractivity (Wildman–Crippen MR) is 93.9 cm³/mol. The molecule has 2 unspecified atom stereocenters. The van der Waals surface area contributed by atoms with Crippen LogP contribution >= 0.6 is 0 Å². The van der Waals surface area contributed by atoms with Crippen molar-refractivity contribution in [1.29, 1.82) is 0 Å². The lowest BCUT2D eigenvalue weighted by Crippen LogP contribution is -2.28. The minimum Gasteiger partial charge on any atom is -0.497 e. The molecule has 0 bridgehead atoms. The summed E-state index contributed by atoms with van der Waals surface area (Å²) in [4.78, 5) is 5.14. The summed E-state index contributed by atoms with van der Waals surface area (Å²) in [5, 5.41) is 0. The summed E-state index contributed by atoms with van der Waals surface area (Å²) in [6, 6.07) is 19.3. The molecule has 2 fully saturated rings. The van der Waals surface area contributed by atoms with E-state index in [2.05, 4.69) is 58.3 Å². The summed E-state index contributed by atoms with van der Waals surface area (Å²) >= 11 is 0. The lowest BCUT2D eigenvalue weighted by Gasteiger charge is -2.23. The van der Waals surface area contributed by atoms with Gasteiger partial charge in [0.15, 0.2) is 0 Å². The number of anilines is 1. The van der Waals surface area contributed by atoms with Crippen molar-refractivity contribution < 1.29 is 4.74 Å². The molecule has 0 aromatic heterocycles. The van der Waals surface area contributed by atoms with Crippen molar-refractivity contribution in [2.75, 3.05) is 38.2 Å². The third kappa shape index (κ3) is 3.06. The first-order valence-corrected chi connectivity index (χ1v) is 8.47. The van der Waals surface area contributed by atoms with E-state index in [0.29, 0.717) is 0 Å². The molecule has 2 atom stereocenters. The Bertz CT molecular complexity index is 644. The molecule has 2 aromatic carbocycles. The van der Waals surface area contributed by atoms with Gasteiger partial charge >= 0.3 is 0 Å². The van der Waals surface area contributed by atoms with Gasteiger partial charge in [-0.05, 0) is 29.5 Å². The molecule has 2 aliphatic rings. The fourth-order valence-corrected chi connectivity index (χ4v) is 4.08. The zero-order valence-electron chi connectivity index (χ0n) is 13.7. The number of hydrogen-bond acceptors (Lipinski definition) is 3. The van der Waals surface area contributed by atoms with Crippen molar-refractivity contribution in [2.45, 2.75) is 6.54 Å². The van der Waals surface area contributed by atoms with Gasteiger partial charge in [-0.25, -0.2) is 0 Å². The number of rotatable bonds is 4. The first-order valence-electron chi connectivity index (χ1n) is 8.47. The molecule has 4 rings (SSSR count). The van der Waals surface area contributed by atoms with Gasteiger partial charge in [-0.15, -0.1) is 0 Å². The third-order valence-corrected chi connectivity index (χ3v) is 5.23. The Morgan fingerprint density at radius 2 is 1.65 bits per heavy atom. The number of ether oxygens (including phenoxy) is 1.